The molecule has 212 valence electrons. The number of fused-ring (bicyclic) bond motifs is 12. The third-order valence-electron chi connectivity index (χ3n) is 9.79. The number of hydrogen-bond donors (Lipinski definition) is 0. The van der Waals surface area contributed by atoms with Gasteiger partial charge in [-0.05, 0) is 82.6 Å². The van der Waals surface area contributed by atoms with Gasteiger partial charge < -0.3 is 4.57 Å². The molecule has 0 bridgehead atoms. The standard InChI is InChI=1S/C42H24N4/c1-2-11-28(12-3-1)45-37-20-19-26(22-32(37)39-29-13-5-4-10-25(29)18-21-38(39)45)27-23-31-30-14-6-9-17-36(30)46-41(31)33(24-27)40-42(46)44-35-16-8-7-15-34(35)43-40/h1-24H. The molecule has 11 rings (SSSR count). The molecule has 0 unspecified atom stereocenters. The summed E-state index contributed by atoms with van der Waals surface area (Å²) in [6, 6.07) is 52.4. The molecule has 0 aliphatic carbocycles. The Hall–Kier alpha value is -6.26. The van der Waals surface area contributed by atoms with Crippen molar-refractivity contribution in [2.45, 2.75) is 0 Å². The molecule has 0 saturated heterocycles. The molecule has 0 radical (unpaired) electrons. The highest BCUT2D eigenvalue weighted by Gasteiger charge is 2.22. The Morgan fingerprint density at radius 2 is 1.13 bits per heavy atom. The minimum absolute atomic E-state index is 0.907. The van der Waals surface area contributed by atoms with Gasteiger partial charge in [0, 0.05) is 32.6 Å². The quantitative estimate of drug-likeness (QED) is 0.203. The van der Waals surface area contributed by atoms with Crippen LogP contribution >= 0.6 is 0 Å². The minimum atomic E-state index is 0.907. The van der Waals surface area contributed by atoms with Gasteiger partial charge in [-0.15, -0.1) is 0 Å². The third-order valence-corrected chi connectivity index (χ3v) is 9.79. The largest absolute Gasteiger partial charge is 0.309 e. The van der Waals surface area contributed by atoms with Crippen molar-refractivity contribution in [2.75, 3.05) is 0 Å². The van der Waals surface area contributed by atoms with E-state index in [4.69, 9.17) is 9.97 Å². The molecule has 0 fully saturated rings. The summed E-state index contributed by atoms with van der Waals surface area (Å²) < 4.78 is 4.70. The first-order valence-corrected chi connectivity index (χ1v) is 15.7. The summed E-state index contributed by atoms with van der Waals surface area (Å²) >= 11 is 0. The Bertz CT molecular complexity index is 3020. The predicted molar refractivity (Wildman–Crippen MR) is 191 cm³/mol. The first-order valence-electron chi connectivity index (χ1n) is 15.7. The van der Waals surface area contributed by atoms with E-state index in [1.54, 1.807) is 0 Å². The zero-order valence-electron chi connectivity index (χ0n) is 24.6. The van der Waals surface area contributed by atoms with E-state index in [0.29, 0.717) is 0 Å². The summed E-state index contributed by atoms with van der Waals surface area (Å²) in [5, 5.41) is 8.64. The number of rotatable bonds is 2. The first-order chi connectivity index (χ1) is 22.8. The highest BCUT2D eigenvalue weighted by atomic mass is 15.0. The van der Waals surface area contributed by atoms with Gasteiger partial charge in [0.25, 0.3) is 0 Å². The van der Waals surface area contributed by atoms with Crippen molar-refractivity contribution in [1.29, 1.82) is 0 Å². The number of para-hydroxylation sites is 4. The van der Waals surface area contributed by atoms with Gasteiger partial charge in [0.15, 0.2) is 5.65 Å². The molecule has 0 atom stereocenters. The van der Waals surface area contributed by atoms with Crippen molar-refractivity contribution in [2.24, 2.45) is 0 Å². The molecule has 4 heteroatoms. The summed E-state index contributed by atoms with van der Waals surface area (Å²) in [5.74, 6) is 0. The highest BCUT2D eigenvalue weighted by Crippen LogP contribution is 2.43. The van der Waals surface area contributed by atoms with Gasteiger partial charge in [-0.2, -0.15) is 0 Å². The average Bonchev–Trinajstić information content (AvgIpc) is 3.75. The summed E-state index contributed by atoms with van der Waals surface area (Å²) in [6.07, 6.45) is 0. The Balaban J connectivity index is 1.27. The van der Waals surface area contributed by atoms with Crippen LogP contribution in [0.2, 0.25) is 0 Å². The zero-order chi connectivity index (χ0) is 29.9. The Labute approximate surface area is 262 Å². The van der Waals surface area contributed by atoms with E-state index in [1.165, 1.54) is 60.0 Å². The lowest BCUT2D eigenvalue weighted by Crippen LogP contribution is -1.93. The maximum atomic E-state index is 5.18. The second kappa shape index (κ2) is 8.68. The Morgan fingerprint density at radius 3 is 2.02 bits per heavy atom. The zero-order valence-corrected chi connectivity index (χ0v) is 24.6. The molecule has 11 aromatic rings. The third kappa shape index (κ3) is 3.07. The van der Waals surface area contributed by atoms with Crippen molar-refractivity contribution < 1.29 is 0 Å². The van der Waals surface area contributed by atoms with Gasteiger partial charge in [-0.25, -0.2) is 9.97 Å². The second-order valence-corrected chi connectivity index (χ2v) is 12.2. The van der Waals surface area contributed by atoms with Crippen molar-refractivity contribution in [1.82, 2.24) is 18.9 Å². The molecule has 4 heterocycles. The van der Waals surface area contributed by atoms with Crippen LogP contribution in [0.5, 0.6) is 0 Å². The van der Waals surface area contributed by atoms with Gasteiger partial charge in [0.1, 0.15) is 5.52 Å². The summed E-state index contributed by atoms with van der Waals surface area (Å²) in [5.41, 5.74) is 12.0. The fourth-order valence-electron chi connectivity index (χ4n) is 7.82. The molecule has 0 N–H and O–H groups in total. The summed E-state index contributed by atoms with van der Waals surface area (Å²) in [7, 11) is 0. The molecular weight excluding hydrogens is 560 g/mol. The van der Waals surface area contributed by atoms with Crippen LogP contribution in [0.3, 0.4) is 0 Å². The Morgan fingerprint density at radius 1 is 0.435 bits per heavy atom. The van der Waals surface area contributed by atoms with E-state index < -0.39 is 0 Å². The molecule has 4 nitrogen and oxygen atoms in total. The van der Waals surface area contributed by atoms with Crippen molar-refractivity contribution in [3.05, 3.63) is 146 Å². The number of aromatic nitrogens is 4. The molecule has 0 aliphatic rings. The smallest absolute Gasteiger partial charge is 0.165 e. The molecular formula is C42H24N4. The van der Waals surface area contributed by atoms with Crippen LogP contribution in [0, 0.1) is 0 Å². The van der Waals surface area contributed by atoms with Crippen LogP contribution in [-0.2, 0) is 0 Å². The van der Waals surface area contributed by atoms with Gasteiger partial charge in [0.05, 0.1) is 33.1 Å². The molecule has 0 aliphatic heterocycles. The monoisotopic (exact) mass is 584 g/mol. The van der Waals surface area contributed by atoms with E-state index in [2.05, 4.69) is 136 Å². The molecule has 0 amide bonds. The normalized spacial score (nSPS) is 12.3. The lowest BCUT2D eigenvalue weighted by Gasteiger charge is -2.08. The predicted octanol–water partition coefficient (Wildman–Crippen LogP) is 10.7. The summed E-state index contributed by atoms with van der Waals surface area (Å²) in [4.78, 5) is 10.3. The second-order valence-electron chi connectivity index (χ2n) is 12.2. The molecule has 7 aromatic carbocycles. The Kier molecular flexibility index (Phi) is 4.55. The molecule has 0 saturated carbocycles. The SMILES string of the molecule is c1ccc(-n2c3ccc(-c4cc5c6ccccc6n6c7nc8ccccc8nc7c(c4)c56)cc3c3c4ccccc4ccc32)cc1. The van der Waals surface area contributed by atoms with Gasteiger partial charge in [0.2, 0.25) is 0 Å². The molecule has 4 aromatic heterocycles. The number of benzene rings is 7. The van der Waals surface area contributed by atoms with Crippen LogP contribution in [0.25, 0.3) is 98.8 Å². The summed E-state index contributed by atoms with van der Waals surface area (Å²) in [6.45, 7) is 0. The van der Waals surface area contributed by atoms with E-state index in [-0.39, 0.29) is 0 Å². The van der Waals surface area contributed by atoms with Crippen LogP contribution in [0.15, 0.2) is 146 Å². The molecule has 46 heavy (non-hydrogen) atoms. The average molecular weight is 585 g/mol. The van der Waals surface area contributed by atoms with Gasteiger partial charge in [-0.1, -0.05) is 84.9 Å². The van der Waals surface area contributed by atoms with E-state index in [9.17, 15) is 0 Å². The van der Waals surface area contributed by atoms with Crippen LogP contribution in [0.4, 0.5) is 0 Å². The van der Waals surface area contributed by atoms with Crippen molar-refractivity contribution in [3.63, 3.8) is 0 Å². The van der Waals surface area contributed by atoms with Crippen molar-refractivity contribution >= 4 is 82.0 Å². The van der Waals surface area contributed by atoms with Crippen LogP contribution in [-0.4, -0.2) is 18.9 Å². The lowest BCUT2D eigenvalue weighted by molar-refractivity contribution is 1.18. The fourth-order valence-corrected chi connectivity index (χ4v) is 7.82. The topological polar surface area (TPSA) is 35.1 Å². The van der Waals surface area contributed by atoms with E-state index in [0.717, 1.165) is 38.8 Å². The van der Waals surface area contributed by atoms with Crippen LogP contribution in [0.1, 0.15) is 0 Å². The van der Waals surface area contributed by atoms with Gasteiger partial charge in [-0.3, -0.25) is 4.40 Å². The minimum Gasteiger partial charge on any atom is -0.309 e. The lowest BCUT2D eigenvalue weighted by atomic mass is 9.97. The highest BCUT2D eigenvalue weighted by molar-refractivity contribution is 6.25. The van der Waals surface area contributed by atoms with Crippen LogP contribution < -0.4 is 0 Å². The maximum absolute atomic E-state index is 5.18. The fraction of sp³-hybridized carbons (Fsp3) is 0. The number of nitrogens with zero attached hydrogens (tertiary/aromatic N) is 4. The first kappa shape index (κ1) is 24.1. The van der Waals surface area contributed by atoms with Gasteiger partial charge >= 0.3 is 0 Å². The number of hydrogen-bond acceptors (Lipinski definition) is 2. The van der Waals surface area contributed by atoms with E-state index >= 15 is 0 Å². The van der Waals surface area contributed by atoms with E-state index in [1.807, 2.05) is 18.2 Å². The van der Waals surface area contributed by atoms with Crippen molar-refractivity contribution in [3.8, 4) is 16.8 Å². The maximum Gasteiger partial charge on any atom is 0.165 e. The molecule has 0 spiro atoms.